The van der Waals surface area contributed by atoms with Gasteiger partial charge in [-0.25, -0.2) is 0 Å². The van der Waals surface area contributed by atoms with E-state index in [1.165, 1.54) is 5.56 Å². The number of carbonyl (C=O) groups is 2. The molecule has 1 aromatic rings. The van der Waals surface area contributed by atoms with E-state index in [-0.39, 0.29) is 17.4 Å². The maximum atomic E-state index is 12.6. The van der Waals surface area contributed by atoms with Crippen molar-refractivity contribution in [1.82, 2.24) is 9.80 Å². The Morgan fingerprint density at radius 3 is 2.46 bits per heavy atom. The summed E-state index contributed by atoms with van der Waals surface area (Å²) in [5, 5.41) is 0. The molecule has 1 atom stereocenters. The molecule has 1 spiro atoms. The standard InChI is InChI=1S/C23H32N2O3/c1-18(26)25(20-8-9-20)21-11-16-28-23(17-21)12-14-24(15-13-23)22(27)10-7-19-5-3-2-4-6-19/h2-6,20-21H,7-17H2,1H3. The van der Waals surface area contributed by atoms with Crippen molar-refractivity contribution in [3.63, 3.8) is 0 Å². The van der Waals surface area contributed by atoms with Gasteiger partial charge in [0, 0.05) is 45.1 Å². The lowest BCUT2D eigenvalue weighted by atomic mass is 9.81. The molecule has 2 saturated heterocycles. The largest absolute Gasteiger partial charge is 0.375 e. The maximum Gasteiger partial charge on any atom is 0.222 e. The molecule has 4 rings (SSSR count). The van der Waals surface area contributed by atoms with Crippen LogP contribution in [0.1, 0.15) is 57.4 Å². The molecule has 0 aromatic heterocycles. The van der Waals surface area contributed by atoms with E-state index >= 15 is 0 Å². The second kappa shape index (κ2) is 8.24. The Kier molecular flexibility index (Phi) is 5.72. The van der Waals surface area contributed by atoms with Crippen LogP contribution >= 0.6 is 0 Å². The Morgan fingerprint density at radius 2 is 1.82 bits per heavy atom. The SMILES string of the molecule is CC(=O)N(C1CC1)C1CCOC2(CCN(C(=O)CCc3ccccc3)CC2)C1. The van der Waals surface area contributed by atoms with Gasteiger partial charge in [-0.15, -0.1) is 0 Å². The summed E-state index contributed by atoms with van der Waals surface area (Å²) >= 11 is 0. The molecule has 1 aliphatic carbocycles. The number of carbonyl (C=O) groups excluding carboxylic acids is 2. The number of nitrogens with zero attached hydrogens (tertiary/aromatic N) is 2. The molecule has 152 valence electrons. The number of hydrogen-bond acceptors (Lipinski definition) is 3. The molecule has 0 N–H and O–H groups in total. The number of benzene rings is 1. The van der Waals surface area contributed by atoms with Gasteiger partial charge in [0.2, 0.25) is 11.8 Å². The third-order valence-corrected chi connectivity index (χ3v) is 6.66. The third-order valence-electron chi connectivity index (χ3n) is 6.66. The Bertz CT molecular complexity index is 693. The van der Waals surface area contributed by atoms with Gasteiger partial charge in [0.25, 0.3) is 0 Å². The van der Waals surface area contributed by atoms with Gasteiger partial charge in [-0.3, -0.25) is 9.59 Å². The molecule has 5 heteroatoms. The van der Waals surface area contributed by atoms with E-state index < -0.39 is 0 Å². The summed E-state index contributed by atoms with van der Waals surface area (Å²) in [6, 6.07) is 11.0. The average Bonchev–Trinajstić information content (AvgIpc) is 3.52. The molecule has 0 bridgehead atoms. The zero-order chi connectivity index (χ0) is 19.6. The number of piperidine rings is 1. The number of hydrogen-bond donors (Lipinski definition) is 0. The van der Waals surface area contributed by atoms with Crippen LogP contribution < -0.4 is 0 Å². The van der Waals surface area contributed by atoms with Crippen LogP contribution in [0, 0.1) is 0 Å². The predicted molar refractivity (Wildman–Crippen MR) is 108 cm³/mol. The summed E-state index contributed by atoms with van der Waals surface area (Å²) in [7, 11) is 0. The Labute approximate surface area is 168 Å². The zero-order valence-corrected chi connectivity index (χ0v) is 16.9. The summed E-state index contributed by atoms with van der Waals surface area (Å²) in [4.78, 5) is 28.9. The molecule has 1 unspecified atom stereocenters. The molecule has 0 radical (unpaired) electrons. The van der Waals surface area contributed by atoms with E-state index in [1.54, 1.807) is 6.92 Å². The summed E-state index contributed by atoms with van der Waals surface area (Å²) in [6.45, 7) is 3.96. The van der Waals surface area contributed by atoms with Gasteiger partial charge < -0.3 is 14.5 Å². The van der Waals surface area contributed by atoms with Crippen molar-refractivity contribution in [1.29, 1.82) is 0 Å². The van der Waals surface area contributed by atoms with Gasteiger partial charge >= 0.3 is 0 Å². The Hall–Kier alpha value is -1.88. The number of likely N-dealkylation sites (tertiary alicyclic amines) is 1. The number of rotatable bonds is 5. The van der Waals surface area contributed by atoms with Crippen LogP contribution in [0.5, 0.6) is 0 Å². The molecule has 2 amide bonds. The van der Waals surface area contributed by atoms with Gasteiger partial charge in [-0.1, -0.05) is 30.3 Å². The van der Waals surface area contributed by atoms with E-state index in [4.69, 9.17) is 4.74 Å². The van der Waals surface area contributed by atoms with Crippen LogP contribution in [0.25, 0.3) is 0 Å². The first-order chi connectivity index (χ1) is 13.6. The van der Waals surface area contributed by atoms with Crippen molar-refractivity contribution >= 4 is 11.8 Å². The van der Waals surface area contributed by atoms with E-state index in [2.05, 4.69) is 17.0 Å². The van der Waals surface area contributed by atoms with E-state index in [0.717, 1.165) is 64.6 Å². The van der Waals surface area contributed by atoms with Gasteiger partial charge in [0.1, 0.15) is 0 Å². The van der Waals surface area contributed by atoms with Gasteiger partial charge in [-0.05, 0) is 50.5 Å². The Morgan fingerprint density at radius 1 is 1.11 bits per heavy atom. The highest BCUT2D eigenvalue weighted by Gasteiger charge is 2.45. The zero-order valence-electron chi connectivity index (χ0n) is 16.9. The summed E-state index contributed by atoms with van der Waals surface area (Å²) in [5.41, 5.74) is 1.06. The average molecular weight is 385 g/mol. The molecular formula is C23H32N2O3. The first-order valence-electron chi connectivity index (χ1n) is 10.8. The summed E-state index contributed by atoms with van der Waals surface area (Å²) in [6.07, 6.45) is 7.30. The minimum Gasteiger partial charge on any atom is -0.375 e. The van der Waals surface area contributed by atoms with Crippen molar-refractivity contribution in [2.45, 2.75) is 76.0 Å². The van der Waals surface area contributed by atoms with Gasteiger partial charge in [0.15, 0.2) is 0 Å². The van der Waals surface area contributed by atoms with Gasteiger partial charge in [0.05, 0.1) is 5.60 Å². The number of aryl methyl sites for hydroxylation is 1. The first-order valence-corrected chi connectivity index (χ1v) is 10.8. The van der Waals surface area contributed by atoms with E-state index in [9.17, 15) is 9.59 Å². The molecule has 2 heterocycles. The van der Waals surface area contributed by atoms with Crippen molar-refractivity contribution in [3.05, 3.63) is 35.9 Å². The normalized spacial score (nSPS) is 24.2. The van der Waals surface area contributed by atoms with Crippen LogP contribution in [-0.2, 0) is 20.7 Å². The van der Waals surface area contributed by atoms with Crippen LogP contribution in [0.3, 0.4) is 0 Å². The van der Waals surface area contributed by atoms with E-state index in [0.29, 0.717) is 18.5 Å². The monoisotopic (exact) mass is 384 g/mol. The molecule has 1 aromatic carbocycles. The lowest BCUT2D eigenvalue weighted by Gasteiger charge is -2.48. The lowest BCUT2D eigenvalue weighted by Crippen LogP contribution is -2.55. The second-order valence-corrected chi connectivity index (χ2v) is 8.70. The quantitative estimate of drug-likeness (QED) is 0.783. The molecule has 28 heavy (non-hydrogen) atoms. The highest BCUT2D eigenvalue weighted by molar-refractivity contribution is 5.76. The highest BCUT2D eigenvalue weighted by atomic mass is 16.5. The molecule has 3 aliphatic rings. The molecule has 2 aliphatic heterocycles. The second-order valence-electron chi connectivity index (χ2n) is 8.70. The fraction of sp³-hybridized carbons (Fsp3) is 0.652. The minimum absolute atomic E-state index is 0.151. The summed E-state index contributed by atoms with van der Waals surface area (Å²) < 4.78 is 6.25. The van der Waals surface area contributed by atoms with Crippen LogP contribution in [0.4, 0.5) is 0 Å². The van der Waals surface area contributed by atoms with Crippen LogP contribution in [-0.4, -0.2) is 59.0 Å². The van der Waals surface area contributed by atoms with Crippen molar-refractivity contribution in [2.24, 2.45) is 0 Å². The van der Waals surface area contributed by atoms with Crippen LogP contribution in [0.2, 0.25) is 0 Å². The third kappa shape index (κ3) is 4.40. The Balaban J connectivity index is 1.30. The minimum atomic E-state index is -0.151. The van der Waals surface area contributed by atoms with Gasteiger partial charge in [-0.2, -0.15) is 0 Å². The van der Waals surface area contributed by atoms with Crippen molar-refractivity contribution < 1.29 is 14.3 Å². The molecular weight excluding hydrogens is 352 g/mol. The van der Waals surface area contributed by atoms with Crippen LogP contribution in [0.15, 0.2) is 30.3 Å². The molecule has 5 nitrogen and oxygen atoms in total. The molecule has 3 fully saturated rings. The fourth-order valence-corrected chi connectivity index (χ4v) is 4.97. The summed E-state index contributed by atoms with van der Waals surface area (Å²) in [5.74, 6) is 0.451. The lowest BCUT2D eigenvalue weighted by molar-refractivity contribution is -0.155. The maximum absolute atomic E-state index is 12.6. The van der Waals surface area contributed by atoms with Crippen molar-refractivity contribution in [2.75, 3.05) is 19.7 Å². The molecule has 1 saturated carbocycles. The van der Waals surface area contributed by atoms with Crippen molar-refractivity contribution in [3.8, 4) is 0 Å². The first kappa shape index (κ1) is 19.4. The predicted octanol–water partition coefficient (Wildman–Crippen LogP) is 3.17. The fourth-order valence-electron chi connectivity index (χ4n) is 4.97. The topological polar surface area (TPSA) is 49.9 Å². The van der Waals surface area contributed by atoms with E-state index in [1.807, 2.05) is 23.1 Å². The number of amides is 2. The number of ether oxygens (including phenoxy) is 1. The smallest absolute Gasteiger partial charge is 0.222 e. The highest BCUT2D eigenvalue weighted by Crippen LogP contribution is 2.40.